The van der Waals surface area contributed by atoms with Gasteiger partial charge in [0.15, 0.2) is 5.70 Å². The average molecular weight is 362 g/mol. The first-order chi connectivity index (χ1) is 10.6. The minimum Gasteiger partial charge on any atom is -0.477 e. The summed E-state index contributed by atoms with van der Waals surface area (Å²) >= 11 is 2.29. The largest absolute Gasteiger partial charge is 0.477 e. The Kier molecular flexibility index (Phi) is 5.00. The quantitative estimate of drug-likeness (QED) is 0.433. The van der Waals surface area contributed by atoms with Gasteiger partial charge in [-0.2, -0.15) is 0 Å². The molecule has 0 radical (unpaired) electrons. The van der Waals surface area contributed by atoms with E-state index in [2.05, 4.69) is 4.74 Å². The van der Waals surface area contributed by atoms with Crippen LogP contribution in [0.15, 0.2) is 9.93 Å². The first kappa shape index (κ1) is 18.1. The van der Waals surface area contributed by atoms with Crippen molar-refractivity contribution in [3.63, 3.8) is 0 Å². The van der Waals surface area contributed by atoms with Crippen molar-refractivity contribution in [2.24, 2.45) is 11.7 Å². The zero-order valence-corrected chi connectivity index (χ0v) is 14.4. The van der Waals surface area contributed by atoms with Crippen LogP contribution >= 0.6 is 23.5 Å². The van der Waals surface area contributed by atoms with E-state index >= 15 is 0 Å². The van der Waals surface area contributed by atoms with Crippen LogP contribution in [0.4, 0.5) is 0 Å². The highest BCUT2D eigenvalue weighted by Gasteiger charge is 2.57. The third kappa shape index (κ3) is 3.08. The fourth-order valence-electron chi connectivity index (χ4n) is 2.36. The number of β-lactam (4-membered cyclic amide) rings is 1. The topological polar surface area (TPSA) is 130 Å². The fraction of sp³-hybridized carbons (Fsp3) is 0.615. The molecule has 1 unspecified atom stereocenters. The zero-order chi connectivity index (χ0) is 17.5. The number of aliphatic hydroxyl groups excluding tert-OH is 1. The summed E-state index contributed by atoms with van der Waals surface area (Å²) in [5, 5.41) is 18.6. The van der Waals surface area contributed by atoms with E-state index in [1.165, 1.54) is 37.6 Å². The van der Waals surface area contributed by atoms with Gasteiger partial charge < -0.3 is 20.7 Å². The number of esters is 1. The Balaban J connectivity index is 2.17. The lowest BCUT2D eigenvalue weighted by atomic mass is 9.92. The summed E-state index contributed by atoms with van der Waals surface area (Å²) in [6.45, 7) is 2.99. The van der Waals surface area contributed by atoms with Gasteiger partial charge in [-0.15, -0.1) is 11.8 Å². The third-order valence-electron chi connectivity index (χ3n) is 3.62. The molecule has 4 N–H and O–H groups in total. The number of carbonyl (C=O) groups excluding carboxylic acids is 2. The standard InChI is InChI=1S/C13H18N2O6S2/c1-5(16)6-8(17)15-7(10(18)19)11(23-9(6)15)22-4-13(2,14)12(20)21-3/h5-6,9,16H,4,14H2,1-3H3,(H,18,19)/t5?,6-,9+,13-/m0/s1. The van der Waals surface area contributed by atoms with Crippen LogP contribution in [0.2, 0.25) is 0 Å². The molecule has 0 spiro atoms. The van der Waals surface area contributed by atoms with Crippen molar-refractivity contribution < 1.29 is 29.3 Å². The SMILES string of the molecule is COC(=O)[C@@](C)(N)CSC1=C(C(=O)O)N2C(=O)[C@H](C(C)O)[C@H]2S1. The molecule has 8 nitrogen and oxygen atoms in total. The van der Waals surface area contributed by atoms with Gasteiger partial charge in [-0.1, -0.05) is 11.8 Å². The van der Waals surface area contributed by atoms with Crippen molar-refractivity contribution >= 4 is 41.4 Å². The molecule has 0 aromatic carbocycles. The van der Waals surface area contributed by atoms with Crippen LogP contribution in [0.5, 0.6) is 0 Å². The Morgan fingerprint density at radius 2 is 2.17 bits per heavy atom. The number of nitrogens with two attached hydrogens (primary N) is 1. The minimum absolute atomic E-state index is 0.104. The summed E-state index contributed by atoms with van der Waals surface area (Å²) in [6.07, 6.45) is -0.856. The number of fused-ring (bicyclic) bond motifs is 1. The summed E-state index contributed by atoms with van der Waals surface area (Å²) in [7, 11) is 1.22. The van der Waals surface area contributed by atoms with Crippen molar-refractivity contribution in [1.29, 1.82) is 0 Å². The number of nitrogens with zero attached hydrogens (tertiary/aromatic N) is 1. The summed E-state index contributed by atoms with van der Waals surface area (Å²) in [5.41, 5.74) is 4.47. The molecular formula is C13H18N2O6S2. The fourth-order valence-corrected chi connectivity index (χ4v) is 5.30. The van der Waals surface area contributed by atoms with Crippen LogP contribution in [0.25, 0.3) is 0 Å². The Hall–Kier alpha value is -1.23. The molecule has 0 saturated carbocycles. The van der Waals surface area contributed by atoms with Crippen LogP contribution in [0.1, 0.15) is 13.8 Å². The van der Waals surface area contributed by atoms with E-state index < -0.39 is 40.8 Å². The lowest BCUT2D eigenvalue weighted by Crippen LogP contribution is -2.60. The summed E-state index contributed by atoms with van der Waals surface area (Å²) in [6, 6.07) is 0. The normalized spacial score (nSPS) is 27.2. The Morgan fingerprint density at radius 1 is 1.57 bits per heavy atom. The number of rotatable bonds is 6. The highest BCUT2D eigenvalue weighted by molar-refractivity contribution is 8.22. The molecule has 2 aliphatic heterocycles. The van der Waals surface area contributed by atoms with Gasteiger partial charge in [0.05, 0.1) is 23.4 Å². The van der Waals surface area contributed by atoms with E-state index in [-0.39, 0.29) is 11.4 Å². The lowest BCUT2D eigenvalue weighted by molar-refractivity contribution is -0.156. The Labute approximate surface area is 141 Å². The molecule has 4 atom stereocenters. The van der Waals surface area contributed by atoms with Crippen molar-refractivity contribution in [3.05, 3.63) is 9.93 Å². The van der Waals surface area contributed by atoms with Gasteiger partial charge in [0.2, 0.25) is 5.91 Å². The number of carboxylic acid groups (broad SMARTS) is 1. The number of carboxylic acids is 1. The van der Waals surface area contributed by atoms with E-state index in [1.54, 1.807) is 0 Å². The number of hydrogen-bond acceptors (Lipinski definition) is 8. The third-order valence-corrected chi connectivity index (χ3v) is 6.62. The first-order valence-electron chi connectivity index (χ1n) is 6.77. The van der Waals surface area contributed by atoms with Gasteiger partial charge in [-0.3, -0.25) is 14.5 Å². The van der Waals surface area contributed by atoms with Crippen LogP contribution in [0, 0.1) is 5.92 Å². The Bertz CT molecular complexity index is 589. The van der Waals surface area contributed by atoms with Gasteiger partial charge in [0.1, 0.15) is 10.9 Å². The van der Waals surface area contributed by atoms with Gasteiger partial charge in [-0.05, 0) is 13.8 Å². The number of amides is 1. The molecule has 2 rings (SSSR count). The summed E-state index contributed by atoms with van der Waals surface area (Å²) in [5.74, 6) is -2.76. The molecule has 128 valence electrons. The number of thioether (sulfide) groups is 2. The maximum Gasteiger partial charge on any atom is 0.354 e. The number of carbonyl (C=O) groups is 3. The molecule has 1 amide bonds. The highest BCUT2D eigenvalue weighted by Crippen LogP contribution is 2.53. The van der Waals surface area contributed by atoms with E-state index in [1.807, 2.05) is 0 Å². The van der Waals surface area contributed by atoms with Gasteiger partial charge in [-0.25, -0.2) is 4.79 Å². The van der Waals surface area contributed by atoms with Gasteiger partial charge in [0, 0.05) is 5.75 Å². The molecule has 23 heavy (non-hydrogen) atoms. The lowest BCUT2D eigenvalue weighted by Gasteiger charge is -2.43. The number of aliphatic hydroxyl groups is 1. The summed E-state index contributed by atoms with van der Waals surface area (Å²) < 4.78 is 5.01. The van der Waals surface area contributed by atoms with Crippen molar-refractivity contribution in [2.75, 3.05) is 12.9 Å². The number of methoxy groups -OCH3 is 1. The van der Waals surface area contributed by atoms with E-state index in [9.17, 15) is 24.6 Å². The monoisotopic (exact) mass is 362 g/mol. The van der Waals surface area contributed by atoms with Crippen LogP contribution in [-0.2, 0) is 19.1 Å². The highest BCUT2D eigenvalue weighted by atomic mass is 32.2. The van der Waals surface area contributed by atoms with Crippen LogP contribution < -0.4 is 5.73 Å². The predicted octanol–water partition coefficient (Wildman–Crippen LogP) is -0.224. The zero-order valence-electron chi connectivity index (χ0n) is 12.8. The molecule has 0 bridgehead atoms. The maximum atomic E-state index is 12.0. The van der Waals surface area contributed by atoms with E-state index in [0.29, 0.717) is 4.24 Å². The first-order valence-corrected chi connectivity index (χ1v) is 8.63. The van der Waals surface area contributed by atoms with Crippen LogP contribution in [0.3, 0.4) is 0 Å². The number of hydrogen-bond donors (Lipinski definition) is 3. The average Bonchev–Trinajstić information content (AvgIpc) is 2.78. The van der Waals surface area contributed by atoms with Crippen LogP contribution in [-0.4, -0.2) is 62.8 Å². The maximum absolute atomic E-state index is 12.0. The van der Waals surface area contributed by atoms with E-state index in [4.69, 9.17) is 5.73 Å². The molecule has 2 heterocycles. The van der Waals surface area contributed by atoms with Crippen molar-refractivity contribution in [1.82, 2.24) is 4.90 Å². The van der Waals surface area contributed by atoms with E-state index in [0.717, 1.165) is 11.8 Å². The minimum atomic E-state index is -1.28. The second kappa shape index (κ2) is 6.34. The van der Waals surface area contributed by atoms with Gasteiger partial charge in [0.25, 0.3) is 0 Å². The second-order valence-electron chi connectivity index (χ2n) is 5.62. The molecule has 0 aromatic heterocycles. The second-order valence-corrected chi connectivity index (χ2v) is 7.99. The van der Waals surface area contributed by atoms with Gasteiger partial charge >= 0.3 is 11.9 Å². The molecule has 0 aromatic rings. The van der Waals surface area contributed by atoms with Crippen molar-refractivity contribution in [3.8, 4) is 0 Å². The smallest absolute Gasteiger partial charge is 0.354 e. The molecular weight excluding hydrogens is 344 g/mol. The molecule has 1 fully saturated rings. The summed E-state index contributed by atoms with van der Waals surface area (Å²) in [4.78, 5) is 36.3. The molecule has 10 heteroatoms. The molecule has 1 saturated heterocycles. The Morgan fingerprint density at radius 3 is 2.65 bits per heavy atom. The number of aliphatic carboxylic acids is 1. The molecule has 2 aliphatic rings. The molecule has 0 aliphatic carbocycles. The number of ether oxygens (including phenoxy) is 1. The van der Waals surface area contributed by atoms with Crippen molar-refractivity contribution in [2.45, 2.75) is 30.9 Å². The predicted molar refractivity (Wildman–Crippen MR) is 85.1 cm³/mol.